The second-order valence-electron chi connectivity index (χ2n) is 9.67. The average molecular weight is 523 g/mol. The number of fused-ring (bicyclic) bond motifs is 1. The lowest BCUT2D eigenvalue weighted by Gasteiger charge is -2.16. The third-order valence-electron chi connectivity index (χ3n) is 5.83. The van der Waals surface area contributed by atoms with Gasteiger partial charge in [0.05, 0.1) is 17.8 Å². The monoisotopic (exact) mass is 522 g/mol. The molecule has 3 rings (SSSR count). The third-order valence-corrected chi connectivity index (χ3v) is 5.83. The van der Waals surface area contributed by atoms with Gasteiger partial charge < -0.3 is 30.2 Å². The highest BCUT2D eigenvalue weighted by molar-refractivity contribution is 5.96. The Kier molecular flexibility index (Phi) is 9.42. The van der Waals surface area contributed by atoms with Gasteiger partial charge in [-0.15, -0.1) is 0 Å². The molecule has 0 radical (unpaired) electrons. The van der Waals surface area contributed by atoms with Gasteiger partial charge in [0.1, 0.15) is 11.7 Å². The number of allylic oxidation sites excluding steroid dienone is 1. The molecule has 3 heterocycles. The summed E-state index contributed by atoms with van der Waals surface area (Å²) in [6, 6.07) is 5.89. The van der Waals surface area contributed by atoms with Crippen LogP contribution in [0, 0.1) is 5.92 Å². The molecule has 3 aromatic rings. The maximum absolute atomic E-state index is 13.1. The van der Waals surface area contributed by atoms with Crippen LogP contribution in [0.3, 0.4) is 0 Å². The molecule has 11 heteroatoms. The molecule has 0 spiro atoms. The summed E-state index contributed by atoms with van der Waals surface area (Å²) in [7, 11) is 3.22. The van der Waals surface area contributed by atoms with Crippen molar-refractivity contribution < 1.29 is 19.5 Å². The third kappa shape index (κ3) is 7.55. The van der Waals surface area contributed by atoms with Crippen molar-refractivity contribution in [2.24, 2.45) is 5.92 Å². The number of rotatable bonds is 11. The molecule has 3 aromatic heterocycles. The Balaban J connectivity index is 1.74. The van der Waals surface area contributed by atoms with Gasteiger partial charge in [-0.2, -0.15) is 0 Å². The van der Waals surface area contributed by atoms with Crippen LogP contribution in [0.2, 0.25) is 0 Å². The van der Waals surface area contributed by atoms with Crippen LogP contribution in [0.4, 0.5) is 10.5 Å². The van der Waals surface area contributed by atoms with E-state index in [2.05, 4.69) is 34.4 Å². The fraction of sp³-hybridized carbons (Fsp3) is 0.370. The first-order valence-corrected chi connectivity index (χ1v) is 12.4. The molecule has 0 aliphatic rings. The second-order valence-corrected chi connectivity index (χ2v) is 9.67. The zero-order chi connectivity index (χ0) is 27.8. The Bertz CT molecular complexity index is 1390. The number of H-pyrrole nitrogens is 1. The van der Waals surface area contributed by atoms with E-state index < -0.39 is 23.6 Å². The number of amides is 3. The van der Waals surface area contributed by atoms with Gasteiger partial charge in [0.25, 0.3) is 5.56 Å². The Hall–Kier alpha value is -4.41. The molecule has 4 N–H and O–H groups in total. The number of pyridine rings is 2. The molecule has 0 saturated heterocycles. The van der Waals surface area contributed by atoms with Crippen LogP contribution in [0.5, 0.6) is 0 Å². The number of aromatic amines is 1. The van der Waals surface area contributed by atoms with E-state index in [4.69, 9.17) is 5.11 Å². The summed E-state index contributed by atoms with van der Waals surface area (Å²) < 4.78 is 1.46. The molecule has 0 unspecified atom stereocenters. The number of carboxylic acid groups (broad SMARTS) is 1. The van der Waals surface area contributed by atoms with Gasteiger partial charge >= 0.3 is 6.09 Å². The van der Waals surface area contributed by atoms with E-state index in [0.29, 0.717) is 5.92 Å². The Morgan fingerprint density at radius 2 is 2.00 bits per heavy atom. The molecule has 202 valence electrons. The van der Waals surface area contributed by atoms with E-state index >= 15 is 0 Å². The molecule has 38 heavy (non-hydrogen) atoms. The topological polar surface area (TPSA) is 149 Å². The SMILES string of the molecule is CC(C)Cc1nccc2cc(Cn3cccc(NC(=O)[C@H](CC/C=C/C(=O)N(C)C)NC(=O)O)c3=O)[nH]c12. The van der Waals surface area contributed by atoms with Crippen molar-refractivity contribution in [1.29, 1.82) is 0 Å². The van der Waals surface area contributed by atoms with Gasteiger partial charge in [-0.25, -0.2) is 4.79 Å². The minimum absolute atomic E-state index is 0.0336. The van der Waals surface area contributed by atoms with Gasteiger partial charge in [0.2, 0.25) is 11.8 Å². The smallest absolute Gasteiger partial charge is 0.405 e. The van der Waals surface area contributed by atoms with Crippen molar-refractivity contribution in [3.63, 3.8) is 0 Å². The fourth-order valence-corrected chi connectivity index (χ4v) is 3.97. The molecule has 3 amide bonds. The molecular formula is C27H34N6O5. The first kappa shape index (κ1) is 28.2. The van der Waals surface area contributed by atoms with E-state index in [1.165, 1.54) is 21.6 Å². The van der Waals surface area contributed by atoms with Gasteiger partial charge in [0.15, 0.2) is 0 Å². The Labute approximate surface area is 220 Å². The Morgan fingerprint density at radius 3 is 2.68 bits per heavy atom. The largest absolute Gasteiger partial charge is 0.465 e. The van der Waals surface area contributed by atoms with E-state index in [1.54, 1.807) is 38.6 Å². The first-order chi connectivity index (χ1) is 18.0. The number of likely N-dealkylation sites (N-methyl/N-ethyl adjacent to an activating group) is 1. The number of nitrogens with one attached hydrogen (secondary N) is 3. The quantitative estimate of drug-likeness (QED) is 0.285. The van der Waals surface area contributed by atoms with Gasteiger partial charge in [-0.3, -0.25) is 19.4 Å². The normalized spacial score (nSPS) is 12.1. The lowest BCUT2D eigenvalue weighted by Crippen LogP contribution is -2.44. The number of aromatic nitrogens is 3. The van der Waals surface area contributed by atoms with E-state index in [1.807, 2.05) is 12.1 Å². The summed E-state index contributed by atoms with van der Waals surface area (Å²) >= 11 is 0. The molecule has 0 aromatic carbocycles. The highest BCUT2D eigenvalue weighted by atomic mass is 16.4. The van der Waals surface area contributed by atoms with Crippen LogP contribution in [0.15, 0.2) is 53.6 Å². The maximum Gasteiger partial charge on any atom is 0.405 e. The molecular weight excluding hydrogens is 488 g/mol. The summed E-state index contributed by atoms with van der Waals surface area (Å²) in [5.74, 6) is -0.437. The average Bonchev–Trinajstić information content (AvgIpc) is 3.26. The number of hydrogen-bond donors (Lipinski definition) is 4. The standard InChI is InChI=1S/C27H34N6O5/c1-17(2)14-22-24-18(11-12-28-22)15-19(29-24)16-33-13-7-9-21(26(33)36)30-25(35)20(31-27(37)38)8-5-6-10-23(34)32(3)4/h6-7,9-13,15,17,20,29,31H,5,8,14,16H2,1-4H3,(H,30,35)(H,37,38)/b10-6+/t20-/m0/s1. The highest BCUT2D eigenvalue weighted by Gasteiger charge is 2.21. The number of nitrogens with zero attached hydrogens (tertiary/aromatic N) is 3. The maximum atomic E-state index is 13.1. The van der Waals surface area contributed by atoms with Crippen LogP contribution in [-0.2, 0) is 22.6 Å². The van der Waals surface area contributed by atoms with Gasteiger partial charge in [-0.05, 0) is 55.5 Å². The Morgan fingerprint density at radius 1 is 1.24 bits per heavy atom. The molecule has 0 aliphatic carbocycles. The minimum atomic E-state index is -1.37. The summed E-state index contributed by atoms with van der Waals surface area (Å²) in [6.45, 7) is 4.51. The summed E-state index contributed by atoms with van der Waals surface area (Å²) in [5.41, 5.74) is 2.33. The van der Waals surface area contributed by atoms with Crippen molar-refractivity contribution >= 4 is 34.5 Å². The van der Waals surface area contributed by atoms with Gasteiger partial charge in [-0.1, -0.05) is 19.9 Å². The van der Waals surface area contributed by atoms with Crippen LogP contribution in [0.25, 0.3) is 10.9 Å². The zero-order valence-electron chi connectivity index (χ0n) is 22.0. The number of hydrogen-bond acceptors (Lipinski definition) is 5. The molecule has 0 bridgehead atoms. The predicted octanol–water partition coefficient (Wildman–Crippen LogP) is 2.97. The highest BCUT2D eigenvalue weighted by Crippen LogP contribution is 2.20. The van der Waals surface area contributed by atoms with Crippen molar-refractivity contribution in [1.82, 2.24) is 24.8 Å². The zero-order valence-corrected chi connectivity index (χ0v) is 22.0. The van der Waals surface area contributed by atoms with E-state index in [-0.39, 0.29) is 31.0 Å². The molecule has 0 aliphatic heterocycles. The summed E-state index contributed by atoms with van der Waals surface area (Å²) in [6.07, 6.45) is 6.18. The fourth-order valence-electron chi connectivity index (χ4n) is 3.97. The lowest BCUT2D eigenvalue weighted by molar-refractivity contribution is -0.123. The second kappa shape index (κ2) is 12.7. The molecule has 1 atom stereocenters. The number of anilines is 1. The van der Waals surface area contributed by atoms with Crippen molar-refractivity contribution in [2.45, 2.75) is 45.7 Å². The van der Waals surface area contributed by atoms with Crippen LogP contribution < -0.4 is 16.2 Å². The van der Waals surface area contributed by atoms with E-state index in [0.717, 1.165) is 28.7 Å². The lowest BCUT2D eigenvalue weighted by atomic mass is 10.1. The molecule has 0 saturated carbocycles. The van der Waals surface area contributed by atoms with Gasteiger partial charge in [0, 0.05) is 37.6 Å². The van der Waals surface area contributed by atoms with Crippen molar-refractivity contribution in [3.8, 4) is 0 Å². The predicted molar refractivity (Wildman–Crippen MR) is 145 cm³/mol. The minimum Gasteiger partial charge on any atom is -0.465 e. The van der Waals surface area contributed by atoms with Crippen LogP contribution in [-0.4, -0.2) is 62.6 Å². The van der Waals surface area contributed by atoms with E-state index in [9.17, 15) is 19.2 Å². The molecule has 0 fully saturated rings. The van der Waals surface area contributed by atoms with Crippen LogP contribution in [0.1, 0.15) is 38.1 Å². The summed E-state index contributed by atoms with van der Waals surface area (Å²) in [5, 5.41) is 14.9. The molecule has 11 nitrogen and oxygen atoms in total. The first-order valence-electron chi connectivity index (χ1n) is 12.4. The van der Waals surface area contributed by atoms with Crippen molar-refractivity contribution in [3.05, 3.63) is 70.6 Å². The van der Waals surface area contributed by atoms with Crippen molar-refractivity contribution in [2.75, 3.05) is 19.4 Å². The number of carbonyl (C=O) groups excluding carboxylic acids is 2. The number of carbonyl (C=O) groups is 3. The van der Waals surface area contributed by atoms with Crippen LogP contribution >= 0.6 is 0 Å². The summed E-state index contributed by atoms with van der Waals surface area (Å²) in [4.78, 5) is 58.1.